The molecule has 0 bridgehead atoms. The number of aryl methyl sites for hydroxylation is 1. The average Bonchev–Trinajstić information content (AvgIpc) is 3.22. The lowest BCUT2D eigenvalue weighted by Gasteiger charge is -2.05. The van der Waals surface area contributed by atoms with Crippen LogP contribution in [0, 0.1) is 18.6 Å². The van der Waals surface area contributed by atoms with Gasteiger partial charge in [-0.3, -0.25) is 9.48 Å². The second-order valence-corrected chi connectivity index (χ2v) is 5.54. The van der Waals surface area contributed by atoms with Crippen molar-refractivity contribution in [3.05, 3.63) is 65.4 Å². The van der Waals surface area contributed by atoms with Gasteiger partial charge in [0.05, 0.1) is 17.6 Å². The van der Waals surface area contributed by atoms with Gasteiger partial charge < -0.3 is 14.5 Å². The summed E-state index contributed by atoms with van der Waals surface area (Å²) in [5, 5.41) is 6.88. The minimum Gasteiger partial charge on any atom is -0.483 e. The number of rotatable bonds is 6. The Kier molecular flexibility index (Phi) is 5.01. The third-order valence-corrected chi connectivity index (χ3v) is 3.80. The van der Waals surface area contributed by atoms with Crippen molar-refractivity contribution in [3.8, 4) is 5.75 Å². The molecule has 0 fully saturated rings. The molecule has 0 atom stereocenters. The summed E-state index contributed by atoms with van der Waals surface area (Å²) in [4.78, 5) is 12.3. The maximum absolute atomic E-state index is 13.5. The summed E-state index contributed by atoms with van der Waals surface area (Å²) < 4.78 is 38.8. The van der Waals surface area contributed by atoms with Crippen LogP contribution < -0.4 is 10.1 Å². The zero-order valence-electron chi connectivity index (χ0n) is 14.3. The lowest BCUT2D eigenvalue weighted by atomic mass is 10.3. The number of carbonyl (C=O) groups excluding carboxylic acids is 1. The van der Waals surface area contributed by atoms with Crippen molar-refractivity contribution < 1.29 is 22.7 Å². The number of halogens is 2. The average molecular weight is 361 g/mol. The number of hydrogen-bond acceptors (Lipinski definition) is 4. The van der Waals surface area contributed by atoms with E-state index >= 15 is 0 Å². The molecule has 2 heterocycles. The van der Waals surface area contributed by atoms with Crippen molar-refractivity contribution >= 4 is 11.6 Å². The highest BCUT2D eigenvalue weighted by atomic mass is 19.1. The maximum atomic E-state index is 13.5. The van der Waals surface area contributed by atoms with Gasteiger partial charge >= 0.3 is 0 Å². The highest BCUT2D eigenvalue weighted by molar-refractivity contribution is 6.02. The molecule has 0 unspecified atom stereocenters. The van der Waals surface area contributed by atoms with Crippen molar-refractivity contribution in [1.29, 1.82) is 0 Å². The van der Waals surface area contributed by atoms with Crippen molar-refractivity contribution in [2.45, 2.75) is 27.0 Å². The van der Waals surface area contributed by atoms with E-state index < -0.39 is 17.5 Å². The molecular weight excluding hydrogens is 344 g/mol. The predicted octanol–water partition coefficient (Wildman–Crippen LogP) is 3.91. The van der Waals surface area contributed by atoms with Crippen LogP contribution in [0.3, 0.4) is 0 Å². The molecule has 1 N–H and O–H groups in total. The molecule has 8 heteroatoms. The fraction of sp³-hybridized carbons (Fsp3) is 0.222. The van der Waals surface area contributed by atoms with E-state index in [-0.39, 0.29) is 18.1 Å². The first-order valence-corrected chi connectivity index (χ1v) is 7.98. The Morgan fingerprint density at radius 1 is 1.31 bits per heavy atom. The van der Waals surface area contributed by atoms with Crippen molar-refractivity contribution in [3.63, 3.8) is 0 Å². The third-order valence-electron chi connectivity index (χ3n) is 3.80. The Morgan fingerprint density at radius 3 is 2.81 bits per heavy atom. The number of hydrogen-bond donors (Lipinski definition) is 1. The van der Waals surface area contributed by atoms with E-state index in [4.69, 9.17) is 9.15 Å². The summed E-state index contributed by atoms with van der Waals surface area (Å²) in [6, 6.07) is 6.07. The monoisotopic (exact) mass is 361 g/mol. The number of nitrogens with one attached hydrogen (secondary N) is 1. The number of aromatic nitrogens is 2. The van der Waals surface area contributed by atoms with Gasteiger partial charge in [0.2, 0.25) is 0 Å². The summed E-state index contributed by atoms with van der Waals surface area (Å²) in [6.45, 7) is 4.41. The van der Waals surface area contributed by atoms with Crippen molar-refractivity contribution in [1.82, 2.24) is 9.78 Å². The van der Waals surface area contributed by atoms with Gasteiger partial charge in [-0.05, 0) is 38.1 Å². The van der Waals surface area contributed by atoms with Gasteiger partial charge in [0.15, 0.2) is 17.3 Å². The molecule has 3 rings (SSSR count). The van der Waals surface area contributed by atoms with E-state index in [2.05, 4.69) is 10.4 Å². The Labute approximate surface area is 148 Å². The van der Waals surface area contributed by atoms with E-state index in [9.17, 15) is 13.6 Å². The first-order chi connectivity index (χ1) is 12.5. The van der Waals surface area contributed by atoms with Crippen LogP contribution in [0.25, 0.3) is 0 Å². The van der Waals surface area contributed by atoms with E-state index in [0.29, 0.717) is 18.0 Å². The van der Waals surface area contributed by atoms with Gasteiger partial charge in [-0.2, -0.15) is 5.10 Å². The molecule has 0 saturated heterocycles. The molecule has 0 saturated carbocycles. The fourth-order valence-corrected chi connectivity index (χ4v) is 2.39. The van der Waals surface area contributed by atoms with Crippen LogP contribution in [0.1, 0.15) is 28.9 Å². The van der Waals surface area contributed by atoms with E-state index in [1.54, 1.807) is 16.9 Å². The van der Waals surface area contributed by atoms with Crippen LogP contribution in [0.15, 0.2) is 40.9 Å². The van der Waals surface area contributed by atoms with Crippen molar-refractivity contribution in [2.75, 3.05) is 5.32 Å². The normalized spacial score (nSPS) is 10.8. The van der Waals surface area contributed by atoms with E-state index in [0.717, 1.165) is 17.8 Å². The summed E-state index contributed by atoms with van der Waals surface area (Å²) in [5.41, 5.74) is 1.43. The molecular formula is C18H17F2N3O3. The molecule has 0 spiro atoms. The molecule has 2 aromatic heterocycles. The molecule has 0 aliphatic carbocycles. The second kappa shape index (κ2) is 7.38. The predicted molar refractivity (Wildman–Crippen MR) is 90.0 cm³/mol. The number of furan rings is 1. The Hall–Kier alpha value is -3.16. The highest BCUT2D eigenvalue weighted by Crippen LogP contribution is 2.20. The van der Waals surface area contributed by atoms with Crippen LogP contribution in [0.5, 0.6) is 5.75 Å². The van der Waals surface area contributed by atoms with E-state index in [1.165, 1.54) is 12.1 Å². The van der Waals surface area contributed by atoms with Gasteiger partial charge in [0, 0.05) is 12.6 Å². The van der Waals surface area contributed by atoms with Crippen LogP contribution in [-0.2, 0) is 13.2 Å². The SMILES string of the molecule is CCn1ncc(NC(=O)c2ccc(COc3ccc(F)cc3F)o2)c1C. The zero-order valence-corrected chi connectivity index (χ0v) is 14.3. The minimum absolute atomic E-state index is 0.0897. The lowest BCUT2D eigenvalue weighted by Crippen LogP contribution is -2.11. The zero-order chi connectivity index (χ0) is 18.7. The number of ether oxygens (including phenoxy) is 1. The van der Waals surface area contributed by atoms with Gasteiger partial charge in [0.25, 0.3) is 5.91 Å². The largest absolute Gasteiger partial charge is 0.483 e. The van der Waals surface area contributed by atoms with Gasteiger partial charge in [0.1, 0.15) is 18.2 Å². The fourth-order valence-electron chi connectivity index (χ4n) is 2.39. The van der Waals surface area contributed by atoms with Gasteiger partial charge in [-0.25, -0.2) is 8.78 Å². The number of carbonyl (C=O) groups is 1. The van der Waals surface area contributed by atoms with Crippen molar-refractivity contribution in [2.24, 2.45) is 0 Å². The number of benzene rings is 1. The van der Waals surface area contributed by atoms with Gasteiger partial charge in [-0.1, -0.05) is 0 Å². The minimum atomic E-state index is -0.807. The van der Waals surface area contributed by atoms with E-state index in [1.807, 2.05) is 13.8 Å². The smallest absolute Gasteiger partial charge is 0.291 e. The molecule has 26 heavy (non-hydrogen) atoms. The molecule has 0 aliphatic rings. The van der Waals surface area contributed by atoms with Crippen LogP contribution in [0.4, 0.5) is 14.5 Å². The summed E-state index contributed by atoms with van der Waals surface area (Å²) in [5.74, 6) is -1.60. The quantitative estimate of drug-likeness (QED) is 0.723. The first kappa shape index (κ1) is 17.7. The second-order valence-electron chi connectivity index (χ2n) is 5.54. The van der Waals surface area contributed by atoms with Crippen LogP contribution in [0.2, 0.25) is 0 Å². The standard InChI is InChI=1S/C18H17F2N3O3/c1-3-23-11(2)15(9-21-23)22-18(24)17-7-5-13(26-17)10-25-16-6-4-12(19)8-14(16)20/h4-9H,3,10H2,1-2H3,(H,22,24). The van der Waals surface area contributed by atoms with Crippen LogP contribution in [-0.4, -0.2) is 15.7 Å². The lowest BCUT2D eigenvalue weighted by molar-refractivity contribution is 0.0992. The summed E-state index contributed by atoms with van der Waals surface area (Å²) >= 11 is 0. The maximum Gasteiger partial charge on any atom is 0.291 e. The first-order valence-electron chi connectivity index (χ1n) is 7.98. The number of anilines is 1. The topological polar surface area (TPSA) is 69.3 Å². The summed E-state index contributed by atoms with van der Waals surface area (Å²) in [7, 11) is 0. The highest BCUT2D eigenvalue weighted by Gasteiger charge is 2.15. The third kappa shape index (κ3) is 3.74. The Morgan fingerprint density at radius 2 is 2.12 bits per heavy atom. The molecule has 136 valence electrons. The molecule has 6 nitrogen and oxygen atoms in total. The Balaban J connectivity index is 1.63. The molecule has 0 radical (unpaired) electrons. The van der Waals surface area contributed by atoms with Gasteiger partial charge in [-0.15, -0.1) is 0 Å². The molecule has 0 aliphatic heterocycles. The molecule has 1 aromatic carbocycles. The Bertz CT molecular complexity index is 934. The number of amides is 1. The molecule has 1 amide bonds. The number of nitrogens with zero attached hydrogens (tertiary/aromatic N) is 2. The van der Waals surface area contributed by atoms with Crippen LogP contribution >= 0.6 is 0 Å². The molecule has 3 aromatic rings. The summed E-state index contributed by atoms with van der Waals surface area (Å²) in [6.07, 6.45) is 1.57.